The highest BCUT2D eigenvalue weighted by molar-refractivity contribution is 6.09. The fourth-order valence-electron chi connectivity index (χ4n) is 3.16. The van der Waals surface area contributed by atoms with Gasteiger partial charge >= 0.3 is 6.18 Å². The second-order valence-electron chi connectivity index (χ2n) is 6.04. The molecule has 5 nitrogen and oxygen atoms in total. The van der Waals surface area contributed by atoms with Gasteiger partial charge in [-0.3, -0.25) is 10.3 Å². The molecule has 0 amide bonds. The molecule has 1 aromatic carbocycles. The van der Waals surface area contributed by atoms with Crippen LogP contribution in [0.4, 0.5) is 17.6 Å². The molecule has 2 heterocycles. The van der Waals surface area contributed by atoms with Crippen molar-refractivity contribution in [3.63, 3.8) is 0 Å². The second-order valence-corrected chi connectivity index (χ2v) is 6.04. The van der Waals surface area contributed by atoms with Gasteiger partial charge < -0.3 is 0 Å². The molecule has 1 fully saturated rings. The van der Waals surface area contributed by atoms with Crippen LogP contribution in [-0.4, -0.2) is 47.8 Å². The van der Waals surface area contributed by atoms with Gasteiger partial charge in [-0.15, -0.1) is 0 Å². The van der Waals surface area contributed by atoms with Crippen molar-refractivity contribution in [3.8, 4) is 6.07 Å². The van der Waals surface area contributed by atoms with E-state index >= 15 is 0 Å². The van der Waals surface area contributed by atoms with E-state index in [2.05, 4.69) is 10.3 Å². The summed E-state index contributed by atoms with van der Waals surface area (Å²) in [5, 5.41) is 13.8. The minimum absolute atomic E-state index is 0.0180. The van der Waals surface area contributed by atoms with Crippen LogP contribution in [0.3, 0.4) is 0 Å². The van der Waals surface area contributed by atoms with E-state index in [0.717, 1.165) is 23.9 Å². The van der Waals surface area contributed by atoms with E-state index < -0.39 is 17.8 Å². The Labute approximate surface area is 148 Å². The standard InChI is InChI=1S/C17H17F4N5/c1-23-17(16(19,20)21)24-15(6-9-26(17)25-7-2-3-8-25)12-4-5-13(11-22)14(18)10-12/h4-6,9-10,23H,2-3,7-8H2,1H3. The third kappa shape index (κ3) is 2.95. The number of alkyl halides is 3. The highest BCUT2D eigenvalue weighted by Gasteiger charge is 2.60. The molecular weight excluding hydrogens is 350 g/mol. The van der Waals surface area contributed by atoms with Crippen molar-refractivity contribution in [2.24, 2.45) is 4.99 Å². The first-order valence-electron chi connectivity index (χ1n) is 8.10. The molecule has 2 aliphatic rings. The molecule has 9 heteroatoms. The van der Waals surface area contributed by atoms with Crippen LogP contribution < -0.4 is 5.32 Å². The maximum Gasteiger partial charge on any atom is 0.449 e. The Morgan fingerprint density at radius 1 is 1.27 bits per heavy atom. The topological polar surface area (TPSA) is 54.7 Å². The lowest BCUT2D eigenvalue weighted by atomic mass is 10.1. The Hall–Kier alpha value is -2.44. The normalized spacial score (nSPS) is 23.8. The first kappa shape index (κ1) is 18.4. The van der Waals surface area contributed by atoms with Gasteiger partial charge in [0.1, 0.15) is 11.9 Å². The van der Waals surface area contributed by atoms with E-state index in [-0.39, 0.29) is 16.8 Å². The lowest BCUT2D eigenvalue weighted by Gasteiger charge is -2.46. The second kappa shape index (κ2) is 6.70. The summed E-state index contributed by atoms with van der Waals surface area (Å²) in [6.07, 6.45) is -0.376. The SMILES string of the molecule is CNC1(C(F)(F)F)N=C(c2ccc(C#N)c(F)c2)C=CN1N1CCCC1. The molecule has 0 bridgehead atoms. The predicted molar refractivity (Wildman–Crippen MR) is 87.3 cm³/mol. The Morgan fingerprint density at radius 2 is 1.96 bits per heavy atom. The Bertz CT molecular complexity index is 789. The number of halogens is 4. The monoisotopic (exact) mass is 367 g/mol. The molecule has 1 atom stereocenters. The van der Waals surface area contributed by atoms with Crippen LogP contribution in [0.5, 0.6) is 0 Å². The molecule has 138 valence electrons. The van der Waals surface area contributed by atoms with Crippen molar-refractivity contribution in [2.45, 2.75) is 24.8 Å². The number of aliphatic imine (C=N–C) groups is 1. The zero-order valence-corrected chi connectivity index (χ0v) is 14.0. The molecule has 0 aliphatic carbocycles. The van der Waals surface area contributed by atoms with Gasteiger partial charge in [-0.05, 0) is 38.1 Å². The van der Waals surface area contributed by atoms with Crippen LogP contribution in [-0.2, 0) is 0 Å². The Kier molecular flexibility index (Phi) is 4.73. The van der Waals surface area contributed by atoms with Gasteiger partial charge in [-0.1, -0.05) is 6.07 Å². The van der Waals surface area contributed by atoms with E-state index in [1.807, 2.05) is 0 Å². The summed E-state index contributed by atoms with van der Waals surface area (Å²) in [5.74, 6) is -3.48. The molecule has 0 aromatic heterocycles. The zero-order valence-electron chi connectivity index (χ0n) is 14.0. The third-order valence-electron chi connectivity index (χ3n) is 4.50. The lowest BCUT2D eigenvalue weighted by Crippen LogP contribution is -2.68. The van der Waals surface area contributed by atoms with Gasteiger partial charge in [0.2, 0.25) is 0 Å². The van der Waals surface area contributed by atoms with Gasteiger partial charge in [0.15, 0.2) is 0 Å². The van der Waals surface area contributed by atoms with Crippen molar-refractivity contribution in [2.75, 3.05) is 20.1 Å². The highest BCUT2D eigenvalue weighted by atomic mass is 19.4. The fourth-order valence-corrected chi connectivity index (χ4v) is 3.16. The summed E-state index contributed by atoms with van der Waals surface area (Å²) < 4.78 is 55.9. The van der Waals surface area contributed by atoms with Crippen LogP contribution in [0.2, 0.25) is 0 Å². The number of nitrogens with one attached hydrogen (secondary N) is 1. The molecule has 0 radical (unpaired) electrons. The van der Waals surface area contributed by atoms with E-state index in [0.29, 0.717) is 13.1 Å². The maximum atomic E-state index is 14.0. The summed E-state index contributed by atoms with van der Waals surface area (Å²) >= 11 is 0. The number of rotatable bonds is 3. The van der Waals surface area contributed by atoms with Crippen LogP contribution >= 0.6 is 0 Å². The van der Waals surface area contributed by atoms with Gasteiger partial charge in [0.05, 0.1) is 11.3 Å². The van der Waals surface area contributed by atoms with Crippen LogP contribution in [0.25, 0.3) is 0 Å². The average molecular weight is 367 g/mol. The van der Waals surface area contributed by atoms with E-state index in [1.165, 1.54) is 31.5 Å². The van der Waals surface area contributed by atoms with Crippen molar-refractivity contribution in [1.82, 2.24) is 15.3 Å². The Morgan fingerprint density at radius 3 is 2.50 bits per heavy atom. The summed E-state index contributed by atoms with van der Waals surface area (Å²) in [6.45, 7) is 1.00. The van der Waals surface area contributed by atoms with Crippen LogP contribution in [0.1, 0.15) is 24.0 Å². The quantitative estimate of drug-likeness (QED) is 0.835. The van der Waals surface area contributed by atoms with E-state index in [1.54, 1.807) is 11.1 Å². The fraction of sp³-hybridized carbons (Fsp3) is 0.412. The van der Waals surface area contributed by atoms with Crippen molar-refractivity contribution in [1.29, 1.82) is 5.26 Å². The molecular formula is C17H17F4N5. The number of nitriles is 1. The number of hydrazine groups is 1. The molecule has 3 rings (SSSR count). The van der Waals surface area contributed by atoms with Crippen molar-refractivity contribution in [3.05, 3.63) is 47.4 Å². The number of benzene rings is 1. The average Bonchev–Trinajstić information content (AvgIpc) is 3.14. The zero-order chi connectivity index (χ0) is 18.9. The summed E-state index contributed by atoms with van der Waals surface area (Å²) in [7, 11) is 1.19. The molecule has 0 saturated carbocycles. The molecule has 26 heavy (non-hydrogen) atoms. The van der Waals surface area contributed by atoms with Gasteiger partial charge in [-0.25, -0.2) is 14.4 Å². The van der Waals surface area contributed by atoms with E-state index in [9.17, 15) is 17.6 Å². The van der Waals surface area contributed by atoms with Crippen molar-refractivity contribution >= 4 is 5.71 Å². The van der Waals surface area contributed by atoms with Crippen LogP contribution in [0.15, 0.2) is 35.5 Å². The minimum atomic E-state index is -4.72. The first-order valence-corrected chi connectivity index (χ1v) is 8.10. The first-order chi connectivity index (χ1) is 12.3. The minimum Gasteiger partial charge on any atom is -0.270 e. The third-order valence-corrected chi connectivity index (χ3v) is 4.50. The largest absolute Gasteiger partial charge is 0.449 e. The van der Waals surface area contributed by atoms with Gasteiger partial charge in [0.25, 0.3) is 5.79 Å². The van der Waals surface area contributed by atoms with Crippen molar-refractivity contribution < 1.29 is 17.6 Å². The van der Waals surface area contributed by atoms with Gasteiger partial charge in [-0.2, -0.15) is 18.4 Å². The smallest absolute Gasteiger partial charge is 0.270 e. The van der Waals surface area contributed by atoms with E-state index in [4.69, 9.17) is 5.26 Å². The van der Waals surface area contributed by atoms with Crippen LogP contribution in [0, 0.1) is 17.1 Å². The number of nitrogens with zero attached hydrogens (tertiary/aromatic N) is 4. The lowest BCUT2D eigenvalue weighted by molar-refractivity contribution is -0.265. The predicted octanol–water partition coefficient (Wildman–Crippen LogP) is 2.76. The summed E-state index contributed by atoms with van der Waals surface area (Å²) in [4.78, 5) is 3.92. The molecule has 1 saturated heterocycles. The summed E-state index contributed by atoms with van der Waals surface area (Å²) in [5.41, 5.74) is -0.0262. The number of hydrogen-bond acceptors (Lipinski definition) is 5. The number of allylic oxidation sites excluding steroid dienone is 1. The molecule has 0 spiro atoms. The number of hydrogen-bond donors (Lipinski definition) is 1. The maximum absolute atomic E-state index is 14.0. The Balaban J connectivity index is 2.07. The molecule has 2 aliphatic heterocycles. The molecule has 1 aromatic rings. The molecule has 1 N–H and O–H groups in total. The van der Waals surface area contributed by atoms with Gasteiger partial charge in [0, 0.05) is 24.9 Å². The highest BCUT2D eigenvalue weighted by Crippen LogP contribution is 2.39. The summed E-state index contributed by atoms with van der Waals surface area (Å²) in [6, 6.07) is 5.31. The molecule has 1 unspecified atom stereocenters.